The number of halogens is 3. The molecular weight excluding hydrogens is 266 g/mol. The van der Waals surface area contributed by atoms with E-state index in [9.17, 15) is 8.78 Å². The summed E-state index contributed by atoms with van der Waals surface area (Å²) in [5.74, 6) is -1.12. The maximum atomic E-state index is 13.6. The van der Waals surface area contributed by atoms with Crippen LogP contribution >= 0.6 is 11.6 Å². The highest BCUT2D eigenvalue weighted by Gasteiger charge is 2.13. The molecule has 2 rings (SSSR count). The number of alkyl halides is 1. The van der Waals surface area contributed by atoms with E-state index in [4.69, 9.17) is 11.6 Å². The molecule has 0 saturated carbocycles. The van der Waals surface area contributed by atoms with Crippen molar-refractivity contribution in [3.63, 3.8) is 0 Å². The van der Waals surface area contributed by atoms with E-state index in [-0.39, 0.29) is 5.38 Å². The van der Waals surface area contributed by atoms with Gasteiger partial charge in [-0.15, -0.1) is 11.6 Å². The number of hydrogen-bond donors (Lipinski definition) is 0. The van der Waals surface area contributed by atoms with Crippen molar-refractivity contribution in [3.05, 3.63) is 70.3 Å². The normalized spacial score (nSPS) is 12.5. The van der Waals surface area contributed by atoms with Crippen LogP contribution in [0.3, 0.4) is 0 Å². The van der Waals surface area contributed by atoms with Crippen molar-refractivity contribution in [3.8, 4) is 0 Å². The van der Waals surface area contributed by atoms with E-state index >= 15 is 0 Å². The molecule has 0 aliphatic heterocycles. The summed E-state index contributed by atoms with van der Waals surface area (Å²) in [6.45, 7) is 4.04. The number of hydrogen-bond acceptors (Lipinski definition) is 0. The van der Waals surface area contributed by atoms with E-state index in [1.807, 2.05) is 32.0 Å². The molecule has 0 aliphatic rings. The molecule has 0 saturated heterocycles. The van der Waals surface area contributed by atoms with Crippen LogP contribution in [0.15, 0.2) is 36.4 Å². The summed E-state index contributed by atoms with van der Waals surface area (Å²) in [6, 6.07) is 9.54. The molecule has 0 heterocycles. The van der Waals surface area contributed by atoms with E-state index < -0.39 is 11.6 Å². The topological polar surface area (TPSA) is 0 Å². The average Bonchev–Trinajstić information content (AvgIpc) is 2.36. The first-order valence-corrected chi connectivity index (χ1v) is 6.56. The zero-order valence-electron chi connectivity index (χ0n) is 10.9. The van der Waals surface area contributed by atoms with E-state index in [1.54, 1.807) is 0 Å². The van der Waals surface area contributed by atoms with Crippen molar-refractivity contribution in [1.82, 2.24) is 0 Å². The van der Waals surface area contributed by atoms with Gasteiger partial charge in [0.25, 0.3) is 0 Å². The van der Waals surface area contributed by atoms with Crippen molar-refractivity contribution >= 4 is 11.6 Å². The minimum absolute atomic E-state index is 0.320. The highest BCUT2D eigenvalue weighted by Crippen LogP contribution is 2.27. The Hall–Kier alpha value is -1.41. The molecule has 1 atom stereocenters. The molecule has 0 aliphatic carbocycles. The van der Waals surface area contributed by atoms with E-state index in [0.29, 0.717) is 12.0 Å². The van der Waals surface area contributed by atoms with Crippen LogP contribution in [-0.4, -0.2) is 0 Å². The Balaban J connectivity index is 2.20. The Bertz CT molecular complexity index is 593. The molecular formula is C16H15ClF2. The fraction of sp³-hybridized carbons (Fsp3) is 0.250. The van der Waals surface area contributed by atoms with Crippen molar-refractivity contribution < 1.29 is 8.78 Å². The second kappa shape index (κ2) is 5.70. The Morgan fingerprint density at radius 1 is 1.00 bits per heavy atom. The van der Waals surface area contributed by atoms with Crippen LogP contribution in [-0.2, 0) is 6.42 Å². The van der Waals surface area contributed by atoms with Crippen molar-refractivity contribution in [1.29, 1.82) is 0 Å². The molecule has 0 bridgehead atoms. The van der Waals surface area contributed by atoms with Crippen LogP contribution < -0.4 is 0 Å². The molecule has 19 heavy (non-hydrogen) atoms. The zero-order valence-corrected chi connectivity index (χ0v) is 11.6. The fourth-order valence-corrected chi connectivity index (χ4v) is 2.26. The molecule has 1 unspecified atom stereocenters. The van der Waals surface area contributed by atoms with E-state index in [0.717, 1.165) is 17.2 Å². The van der Waals surface area contributed by atoms with Gasteiger partial charge < -0.3 is 0 Å². The average molecular weight is 281 g/mol. The lowest BCUT2D eigenvalue weighted by atomic mass is 10.00. The lowest BCUT2D eigenvalue weighted by Gasteiger charge is -2.12. The monoisotopic (exact) mass is 280 g/mol. The summed E-state index contributed by atoms with van der Waals surface area (Å²) in [5.41, 5.74) is 3.73. The standard InChI is InChI=1S/C16H15ClF2/c1-10-3-4-12(7-11(10)2)15(17)8-13-5-6-14(18)9-16(13)19/h3-7,9,15H,8H2,1-2H3. The van der Waals surface area contributed by atoms with Crippen LogP contribution in [0.5, 0.6) is 0 Å². The number of rotatable bonds is 3. The second-order valence-electron chi connectivity index (χ2n) is 4.75. The maximum Gasteiger partial charge on any atom is 0.129 e. The van der Waals surface area contributed by atoms with Gasteiger partial charge in [-0.3, -0.25) is 0 Å². The van der Waals surface area contributed by atoms with Gasteiger partial charge in [-0.1, -0.05) is 24.3 Å². The SMILES string of the molecule is Cc1ccc(C(Cl)Cc2ccc(F)cc2F)cc1C. The van der Waals surface area contributed by atoms with Crippen LogP contribution in [0.25, 0.3) is 0 Å². The summed E-state index contributed by atoms with van der Waals surface area (Å²) in [4.78, 5) is 0. The molecule has 0 spiro atoms. The molecule has 0 aromatic heterocycles. The molecule has 100 valence electrons. The predicted molar refractivity (Wildman–Crippen MR) is 74.6 cm³/mol. The fourth-order valence-electron chi connectivity index (χ4n) is 1.96. The Labute approximate surface area is 117 Å². The van der Waals surface area contributed by atoms with Gasteiger partial charge in [0.1, 0.15) is 11.6 Å². The van der Waals surface area contributed by atoms with E-state index in [1.165, 1.54) is 17.7 Å². The van der Waals surface area contributed by atoms with Crippen LogP contribution in [0, 0.1) is 25.5 Å². The third kappa shape index (κ3) is 3.32. The minimum atomic E-state index is -0.571. The first-order valence-electron chi connectivity index (χ1n) is 6.12. The van der Waals surface area contributed by atoms with Crippen molar-refractivity contribution in [2.24, 2.45) is 0 Å². The summed E-state index contributed by atoms with van der Waals surface area (Å²) < 4.78 is 26.4. The highest BCUT2D eigenvalue weighted by atomic mass is 35.5. The summed E-state index contributed by atoms with van der Waals surface area (Å²) in [6.07, 6.45) is 0.343. The third-order valence-corrected chi connectivity index (χ3v) is 3.71. The van der Waals surface area contributed by atoms with E-state index in [2.05, 4.69) is 0 Å². The summed E-state index contributed by atoms with van der Waals surface area (Å²) >= 11 is 6.32. The van der Waals surface area contributed by atoms with Crippen LogP contribution in [0.4, 0.5) is 8.78 Å². The smallest absolute Gasteiger partial charge is 0.129 e. The van der Waals surface area contributed by atoms with Gasteiger partial charge in [0, 0.05) is 6.07 Å². The van der Waals surface area contributed by atoms with Gasteiger partial charge >= 0.3 is 0 Å². The lowest BCUT2D eigenvalue weighted by Crippen LogP contribution is -2.00. The zero-order chi connectivity index (χ0) is 14.0. The molecule has 0 N–H and O–H groups in total. The van der Waals surface area contributed by atoms with Gasteiger partial charge in [0.05, 0.1) is 5.38 Å². The quantitative estimate of drug-likeness (QED) is 0.686. The first-order chi connectivity index (χ1) is 8.97. The largest absolute Gasteiger partial charge is 0.207 e. The molecule has 3 heteroatoms. The lowest BCUT2D eigenvalue weighted by molar-refractivity contribution is 0.570. The van der Waals surface area contributed by atoms with Gasteiger partial charge in [0.2, 0.25) is 0 Å². The number of benzene rings is 2. The van der Waals surface area contributed by atoms with Gasteiger partial charge in [-0.05, 0) is 48.6 Å². The molecule has 0 nitrogen and oxygen atoms in total. The maximum absolute atomic E-state index is 13.6. The molecule has 0 fully saturated rings. The predicted octanol–water partition coefficient (Wildman–Crippen LogP) is 5.10. The Morgan fingerprint density at radius 2 is 1.74 bits per heavy atom. The van der Waals surface area contributed by atoms with Crippen molar-refractivity contribution in [2.75, 3.05) is 0 Å². The molecule has 0 radical (unpaired) electrons. The second-order valence-corrected chi connectivity index (χ2v) is 5.28. The molecule has 2 aromatic rings. The van der Waals surface area contributed by atoms with Gasteiger partial charge in [0.15, 0.2) is 0 Å². The summed E-state index contributed by atoms with van der Waals surface area (Å²) in [5, 5.41) is -0.320. The molecule has 2 aromatic carbocycles. The van der Waals surface area contributed by atoms with Gasteiger partial charge in [-0.25, -0.2) is 8.78 Å². The Kier molecular flexibility index (Phi) is 4.20. The Morgan fingerprint density at radius 3 is 2.37 bits per heavy atom. The van der Waals surface area contributed by atoms with Crippen molar-refractivity contribution in [2.45, 2.75) is 25.6 Å². The van der Waals surface area contributed by atoms with Gasteiger partial charge in [-0.2, -0.15) is 0 Å². The summed E-state index contributed by atoms with van der Waals surface area (Å²) in [7, 11) is 0. The third-order valence-electron chi connectivity index (χ3n) is 3.31. The molecule has 0 amide bonds. The number of aryl methyl sites for hydroxylation is 2. The van der Waals surface area contributed by atoms with Crippen LogP contribution in [0.1, 0.15) is 27.6 Å². The minimum Gasteiger partial charge on any atom is -0.207 e. The first kappa shape index (κ1) is 14.0. The van der Waals surface area contributed by atoms with Crippen LogP contribution in [0.2, 0.25) is 0 Å². The highest BCUT2D eigenvalue weighted by molar-refractivity contribution is 6.20.